The molecule has 0 spiro atoms. The van der Waals surface area contributed by atoms with Crippen LogP contribution in [-0.4, -0.2) is 27.1 Å². The van der Waals surface area contributed by atoms with Gasteiger partial charge in [-0.25, -0.2) is 12.8 Å². The molecule has 1 N–H and O–H groups in total. The summed E-state index contributed by atoms with van der Waals surface area (Å²) < 4.78 is 38.9. The SMILES string of the molecule is Cc1ccc(C)c(N(CCCC(=O)Nc2ccc(F)c(Cl)c2)S(C)(=O)=O)c1. The predicted octanol–water partition coefficient (Wildman–Crippen LogP) is 4.28. The Morgan fingerprint density at radius 2 is 1.89 bits per heavy atom. The highest BCUT2D eigenvalue weighted by Gasteiger charge is 2.19. The minimum atomic E-state index is -3.48. The molecule has 27 heavy (non-hydrogen) atoms. The molecule has 0 aromatic heterocycles. The summed E-state index contributed by atoms with van der Waals surface area (Å²) in [6.45, 7) is 3.92. The van der Waals surface area contributed by atoms with Crippen LogP contribution in [0.15, 0.2) is 36.4 Å². The fourth-order valence-electron chi connectivity index (χ4n) is 2.63. The quantitative estimate of drug-likeness (QED) is 0.738. The smallest absolute Gasteiger partial charge is 0.232 e. The second-order valence-electron chi connectivity index (χ2n) is 6.41. The first-order valence-electron chi connectivity index (χ1n) is 8.38. The lowest BCUT2D eigenvalue weighted by molar-refractivity contribution is -0.116. The maximum Gasteiger partial charge on any atom is 0.232 e. The van der Waals surface area contributed by atoms with Gasteiger partial charge in [0.25, 0.3) is 0 Å². The molecule has 0 saturated carbocycles. The molecule has 0 unspecified atom stereocenters. The molecule has 8 heteroatoms. The van der Waals surface area contributed by atoms with Gasteiger partial charge >= 0.3 is 0 Å². The van der Waals surface area contributed by atoms with Crippen molar-refractivity contribution in [3.05, 3.63) is 58.4 Å². The molecule has 0 bridgehead atoms. The van der Waals surface area contributed by atoms with Gasteiger partial charge in [-0.05, 0) is 55.7 Å². The molecule has 0 radical (unpaired) electrons. The van der Waals surface area contributed by atoms with Gasteiger partial charge in [-0.1, -0.05) is 23.7 Å². The lowest BCUT2D eigenvalue weighted by Crippen LogP contribution is -2.32. The van der Waals surface area contributed by atoms with Crippen LogP contribution >= 0.6 is 11.6 Å². The Balaban J connectivity index is 2.02. The van der Waals surface area contributed by atoms with Crippen LogP contribution in [0.25, 0.3) is 0 Å². The first-order valence-corrected chi connectivity index (χ1v) is 10.6. The molecule has 0 aliphatic rings. The molecular weight excluding hydrogens is 391 g/mol. The Bertz CT molecular complexity index is 948. The Kier molecular flexibility index (Phi) is 6.84. The molecule has 0 heterocycles. The average Bonchev–Trinajstić information content (AvgIpc) is 2.56. The standard InChI is InChI=1S/C19H22ClFN2O3S/c1-13-6-7-14(2)18(11-13)23(27(3,25)26)10-4-5-19(24)22-15-8-9-17(21)16(20)12-15/h6-9,11-12H,4-5,10H2,1-3H3,(H,22,24). The topological polar surface area (TPSA) is 66.5 Å². The van der Waals surface area contributed by atoms with Crippen LogP contribution in [0.5, 0.6) is 0 Å². The van der Waals surface area contributed by atoms with Crippen molar-refractivity contribution in [2.75, 3.05) is 22.4 Å². The van der Waals surface area contributed by atoms with Gasteiger partial charge in [0.05, 0.1) is 17.0 Å². The zero-order valence-electron chi connectivity index (χ0n) is 15.4. The molecule has 2 rings (SSSR count). The fraction of sp³-hybridized carbons (Fsp3) is 0.316. The summed E-state index contributed by atoms with van der Waals surface area (Å²) in [6.07, 6.45) is 1.60. The van der Waals surface area contributed by atoms with Crippen molar-refractivity contribution >= 4 is 38.9 Å². The van der Waals surface area contributed by atoms with E-state index in [0.717, 1.165) is 17.4 Å². The maximum absolute atomic E-state index is 13.2. The van der Waals surface area contributed by atoms with Crippen LogP contribution < -0.4 is 9.62 Å². The molecule has 0 saturated heterocycles. The number of rotatable bonds is 7. The van der Waals surface area contributed by atoms with Gasteiger partial charge in [-0.15, -0.1) is 0 Å². The van der Waals surface area contributed by atoms with E-state index in [2.05, 4.69) is 5.32 Å². The monoisotopic (exact) mass is 412 g/mol. The molecule has 0 atom stereocenters. The highest BCUT2D eigenvalue weighted by atomic mass is 35.5. The number of benzene rings is 2. The van der Waals surface area contributed by atoms with Crippen molar-refractivity contribution in [1.82, 2.24) is 0 Å². The Morgan fingerprint density at radius 3 is 2.52 bits per heavy atom. The number of hydrogen-bond acceptors (Lipinski definition) is 3. The number of amides is 1. The highest BCUT2D eigenvalue weighted by molar-refractivity contribution is 7.92. The molecule has 0 fully saturated rings. The first kappa shape index (κ1) is 21.2. The Labute approximate surface area is 164 Å². The second kappa shape index (κ2) is 8.71. The lowest BCUT2D eigenvalue weighted by atomic mass is 10.1. The number of anilines is 2. The zero-order valence-corrected chi connectivity index (χ0v) is 17.0. The summed E-state index contributed by atoms with van der Waals surface area (Å²) in [6, 6.07) is 9.51. The summed E-state index contributed by atoms with van der Waals surface area (Å²) in [5.74, 6) is -0.862. The van der Waals surface area contributed by atoms with E-state index < -0.39 is 15.8 Å². The van der Waals surface area contributed by atoms with Gasteiger partial charge in [0.15, 0.2) is 0 Å². The van der Waals surface area contributed by atoms with E-state index in [0.29, 0.717) is 17.8 Å². The van der Waals surface area contributed by atoms with Crippen molar-refractivity contribution in [3.63, 3.8) is 0 Å². The summed E-state index contributed by atoms with van der Waals surface area (Å²) in [4.78, 5) is 12.1. The third kappa shape index (κ3) is 5.94. The number of sulfonamides is 1. The van der Waals surface area contributed by atoms with Crippen molar-refractivity contribution < 1.29 is 17.6 Å². The van der Waals surface area contributed by atoms with Gasteiger partial charge in [0.1, 0.15) is 5.82 Å². The highest BCUT2D eigenvalue weighted by Crippen LogP contribution is 2.24. The minimum Gasteiger partial charge on any atom is -0.326 e. The summed E-state index contributed by atoms with van der Waals surface area (Å²) in [5.41, 5.74) is 2.80. The Morgan fingerprint density at radius 1 is 1.19 bits per heavy atom. The van der Waals surface area contributed by atoms with Crippen molar-refractivity contribution in [3.8, 4) is 0 Å². The fourth-order valence-corrected chi connectivity index (χ4v) is 3.83. The summed E-state index contributed by atoms with van der Waals surface area (Å²) in [7, 11) is -3.48. The van der Waals surface area contributed by atoms with E-state index >= 15 is 0 Å². The van der Waals surface area contributed by atoms with Crippen molar-refractivity contribution in [1.29, 1.82) is 0 Å². The maximum atomic E-state index is 13.2. The molecule has 146 valence electrons. The molecule has 5 nitrogen and oxygen atoms in total. The van der Waals surface area contributed by atoms with Crippen LogP contribution in [0.3, 0.4) is 0 Å². The normalized spacial score (nSPS) is 11.3. The first-order chi connectivity index (χ1) is 12.6. The number of carbonyl (C=O) groups is 1. The second-order valence-corrected chi connectivity index (χ2v) is 8.72. The lowest BCUT2D eigenvalue weighted by Gasteiger charge is -2.24. The molecule has 0 aliphatic heterocycles. The van der Waals surface area contributed by atoms with E-state index in [1.807, 2.05) is 32.0 Å². The Hall–Kier alpha value is -2.12. The van der Waals surface area contributed by atoms with Crippen molar-refractivity contribution in [2.45, 2.75) is 26.7 Å². The molecule has 1 amide bonds. The summed E-state index contributed by atoms with van der Waals surface area (Å²) in [5, 5.41) is 2.55. The van der Waals surface area contributed by atoms with Gasteiger partial charge in [0.2, 0.25) is 15.9 Å². The average molecular weight is 413 g/mol. The van der Waals surface area contributed by atoms with Gasteiger partial charge < -0.3 is 5.32 Å². The zero-order chi connectivity index (χ0) is 20.2. The van der Waals surface area contributed by atoms with E-state index in [-0.39, 0.29) is 23.9 Å². The van der Waals surface area contributed by atoms with Crippen LogP contribution in [0, 0.1) is 19.7 Å². The molecule has 2 aromatic carbocycles. The third-order valence-corrected chi connectivity index (χ3v) is 5.47. The van der Waals surface area contributed by atoms with E-state index in [1.54, 1.807) is 0 Å². The number of halogens is 2. The number of hydrogen-bond donors (Lipinski definition) is 1. The van der Waals surface area contributed by atoms with E-state index in [9.17, 15) is 17.6 Å². The number of nitrogens with zero attached hydrogens (tertiary/aromatic N) is 1. The third-order valence-electron chi connectivity index (χ3n) is 4.00. The van der Waals surface area contributed by atoms with E-state index in [4.69, 9.17) is 11.6 Å². The predicted molar refractivity (Wildman–Crippen MR) is 107 cm³/mol. The molecular formula is C19H22ClFN2O3S. The van der Waals surface area contributed by atoms with Crippen LogP contribution in [0.1, 0.15) is 24.0 Å². The van der Waals surface area contributed by atoms with Gasteiger partial charge in [-0.3, -0.25) is 9.10 Å². The molecule has 0 aliphatic carbocycles. The number of nitrogens with one attached hydrogen (secondary N) is 1. The minimum absolute atomic E-state index is 0.0778. The summed E-state index contributed by atoms with van der Waals surface area (Å²) >= 11 is 5.69. The van der Waals surface area contributed by atoms with Gasteiger partial charge in [-0.2, -0.15) is 0 Å². The van der Waals surface area contributed by atoms with Crippen LogP contribution in [0.2, 0.25) is 5.02 Å². The van der Waals surface area contributed by atoms with Gasteiger partial charge in [0, 0.05) is 18.7 Å². The van der Waals surface area contributed by atoms with E-state index in [1.165, 1.54) is 22.5 Å². The van der Waals surface area contributed by atoms with Crippen LogP contribution in [-0.2, 0) is 14.8 Å². The number of carbonyl (C=O) groups excluding carboxylic acids is 1. The number of aryl methyl sites for hydroxylation is 2. The van der Waals surface area contributed by atoms with Crippen LogP contribution in [0.4, 0.5) is 15.8 Å². The van der Waals surface area contributed by atoms with Crippen molar-refractivity contribution in [2.24, 2.45) is 0 Å². The molecule has 2 aromatic rings. The largest absolute Gasteiger partial charge is 0.326 e.